The maximum absolute atomic E-state index is 9.52. The van der Waals surface area contributed by atoms with E-state index in [1.807, 2.05) is 109 Å². The van der Waals surface area contributed by atoms with Crippen molar-refractivity contribution in [1.82, 2.24) is 0 Å². The van der Waals surface area contributed by atoms with E-state index >= 15 is 0 Å². The van der Waals surface area contributed by atoms with Crippen LogP contribution in [0.15, 0.2) is 139 Å². The van der Waals surface area contributed by atoms with Crippen LogP contribution in [0, 0.1) is 0 Å². The van der Waals surface area contributed by atoms with Crippen LogP contribution in [0.4, 0.5) is 0 Å². The van der Waals surface area contributed by atoms with Gasteiger partial charge in [-0.15, -0.1) is 21.2 Å². The molecule has 4 aromatic carbocycles. The second-order valence-electron chi connectivity index (χ2n) is 8.86. The van der Waals surface area contributed by atoms with Gasteiger partial charge in [-0.25, -0.2) is 0 Å². The predicted molar refractivity (Wildman–Crippen MR) is 170 cm³/mol. The first-order valence-corrected chi connectivity index (χ1v) is 17.6. The van der Waals surface area contributed by atoms with Crippen molar-refractivity contribution in [3.8, 4) is 0 Å². The summed E-state index contributed by atoms with van der Waals surface area (Å²) in [6, 6.07) is 35.0. The summed E-state index contributed by atoms with van der Waals surface area (Å²) in [7, 11) is -4.84. The van der Waals surface area contributed by atoms with Crippen molar-refractivity contribution in [2.24, 2.45) is 0 Å². The van der Waals surface area contributed by atoms with Crippen LogP contribution in [0.5, 0.6) is 0 Å². The van der Waals surface area contributed by atoms with Crippen LogP contribution in [0.3, 0.4) is 0 Å². The number of hydrogen-bond acceptors (Lipinski definition) is 9. The molecule has 0 aliphatic carbocycles. The molecule has 43 heavy (non-hydrogen) atoms. The summed E-state index contributed by atoms with van der Waals surface area (Å²) in [4.78, 5) is 5.30. The third-order valence-corrected chi connectivity index (χ3v) is 12.6. The van der Waals surface area contributed by atoms with Gasteiger partial charge in [-0.05, 0) is 72.8 Å². The Morgan fingerprint density at radius 2 is 0.674 bits per heavy atom. The number of rotatable bonds is 18. The summed E-state index contributed by atoms with van der Waals surface area (Å²) in [5, 5.41) is 38.1. The number of hydrogen-bond donors (Lipinski definition) is 4. The lowest BCUT2D eigenvalue weighted by molar-refractivity contribution is 0.168. The highest BCUT2D eigenvalue weighted by molar-refractivity contribution is 8.26. The van der Waals surface area contributed by atoms with Crippen molar-refractivity contribution in [2.45, 2.75) is 29.4 Å². The van der Waals surface area contributed by atoms with E-state index in [9.17, 15) is 20.4 Å². The van der Waals surface area contributed by atoms with Crippen LogP contribution in [0.2, 0.25) is 0 Å². The van der Waals surface area contributed by atoms with E-state index in [2.05, 4.69) is 0 Å². The molecule has 0 fully saturated rings. The van der Waals surface area contributed by atoms with Gasteiger partial charge in [0.05, 0.1) is 72.4 Å². The highest BCUT2D eigenvalue weighted by Gasteiger charge is 2.29. The van der Waals surface area contributed by atoms with Gasteiger partial charge in [0.25, 0.3) is 0 Å². The fraction of sp³-hybridized carbons (Fsp3) is 0.250. The largest absolute Gasteiger partial charge is 0.394 e. The third-order valence-electron chi connectivity index (χ3n) is 5.97. The third kappa shape index (κ3) is 8.41. The van der Waals surface area contributed by atoms with Crippen molar-refractivity contribution in [2.75, 3.05) is 52.9 Å². The minimum atomic E-state index is -2.42. The average Bonchev–Trinajstić information content (AvgIpc) is 3.07. The minimum Gasteiger partial charge on any atom is -0.394 e. The van der Waals surface area contributed by atoms with Gasteiger partial charge in [0.2, 0.25) is 0 Å². The molecule has 0 amide bonds. The smallest absolute Gasteiger partial charge is 0.0954 e. The van der Waals surface area contributed by atoms with Gasteiger partial charge >= 0.3 is 0 Å². The van der Waals surface area contributed by atoms with E-state index in [0.717, 1.165) is 29.4 Å². The highest BCUT2D eigenvalue weighted by atomic mass is 32.3. The Bertz CT molecular complexity index is 1220. The zero-order valence-corrected chi connectivity index (χ0v) is 26.1. The molecule has 4 N–H and O–H groups in total. The molecule has 0 radical (unpaired) electrons. The van der Waals surface area contributed by atoms with E-state index in [1.165, 1.54) is 0 Å². The number of aliphatic hydroxyl groups is 4. The second-order valence-corrected chi connectivity index (χ2v) is 14.8. The summed E-state index contributed by atoms with van der Waals surface area (Å²) in [5.41, 5.74) is 0. The topological polar surface area (TPSA) is 118 Å². The zero-order valence-electron chi connectivity index (χ0n) is 23.7. The maximum atomic E-state index is 9.52. The van der Waals surface area contributed by atoms with Gasteiger partial charge in [0.1, 0.15) is 0 Å². The molecule has 4 aromatic rings. The standard InChI is InChI=1S/C32H38O8S3/c33-19-23-37-42(38-24-20-34,29-7-3-1-4-8-29)31-15-11-27(12-16-31)41-28-13-17-32(18-14-28)43(39-25-21-35,40-26-22-36)30-9-5-2-6-10-30/h1-18,33-36H,19-26H2. The molecule has 8 nitrogen and oxygen atoms in total. The van der Waals surface area contributed by atoms with Crippen molar-refractivity contribution in [3.63, 3.8) is 0 Å². The Morgan fingerprint density at radius 3 is 0.953 bits per heavy atom. The first-order chi connectivity index (χ1) is 21.1. The molecule has 0 aliphatic heterocycles. The molecule has 232 valence electrons. The molecule has 0 bridgehead atoms. The van der Waals surface area contributed by atoms with E-state index in [-0.39, 0.29) is 52.9 Å². The summed E-state index contributed by atoms with van der Waals surface area (Å²) in [5.74, 6) is 0. The summed E-state index contributed by atoms with van der Waals surface area (Å²) in [6.45, 7) is -0.253. The molecular formula is C32H38O8S3. The Morgan fingerprint density at radius 1 is 0.395 bits per heavy atom. The van der Waals surface area contributed by atoms with Crippen LogP contribution in [-0.2, 0) is 16.7 Å². The molecular weight excluding hydrogens is 609 g/mol. The van der Waals surface area contributed by atoms with E-state index in [1.54, 1.807) is 11.8 Å². The monoisotopic (exact) mass is 646 g/mol. The lowest BCUT2D eigenvalue weighted by Gasteiger charge is -2.43. The summed E-state index contributed by atoms with van der Waals surface area (Å²) < 4.78 is 24.8. The van der Waals surface area contributed by atoms with E-state index < -0.39 is 21.2 Å². The normalized spacial score (nSPS) is 12.7. The molecule has 0 saturated carbocycles. The van der Waals surface area contributed by atoms with E-state index in [4.69, 9.17) is 16.7 Å². The van der Waals surface area contributed by atoms with Crippen molar-refractivity contribution < 1.29 is 37.2 Å². The molecule has 11 heteroatoms. The predicted octanol–water partition coefficient (Wildman–Crippen LogP) is 5.98. The summed E-state index contributed by atoms with van der Waals surface area (Å²) in [6.07, 6.45) is 0. The molecule has 0 aliphatic rings. The van der Waals surface area contributed by atoms with Crippen molar-refractivity contribution >= 4 is 32.9 Å². The van der Waals surface area contributed by atoms with Gasteiger partial charge in [0.15, 0.2) is 0 Å². The molecule has 0 unspecified atom stereocenters. The van der Waals surface area contributed by atoms with Gasteiger partial charge in [-0.3, -0.25) is 16.7 Å². The SMILES string of the molecule is OCCOS(OCCO)(c1ccccc1)c1ccc(Sc2ccc(S(OCCO)(OCCO)c3ccccc3)cc2)cc1. The Balaban J connectivity index is 1.60. The van der Waals surface area contributed by atoms with Crippen molar-refractivity contribution in [1.29, 1.82) is 0 Å². The van der Waals surface area contributed by atoms with Crippen LogP contribution < -0.4 is 0 Å². The fourth-order valence-corrected chi connectivity index (χ4v) is 10.1. The van der Waals surface area contributed by atoms with Crippen molar-refractivity contribution in [3.05, 3.63) is 109 Å². The van der Waals surface area contributed by atoms with E-state index in [0.29, 0.717) is 0 Å². The van der Waals surface area contributed by atoms with Gasteiger partial charge in [-0.2, -0.15) is 0 Å². The quantitative estimate of drug-likeness (QED) is 0.104. The second kappa shape index (κ2) is 17.2. The molecule has 0 atom stereocenters. The highest BCUT2D eigenvalue weighted by Crippen LogP contribution is 2.65. The molecule has 0 spiro atoms. The first kappa shape index (κ1) is 33.5. The summed E-state index contributed by atoms with van der Waals surface area (Å²) >= 11 is 1.58. The Labute approximate surface area is 260 Å². The molecule has 0 heterocycles. The zero-order chi connectivity index (χ0) is 30.4. The van der Waals surface area contributed by atoms with Crippen LogP contribution in [0.1, 0.15) is 0 Å². The molecule has 0 saturated heterocycles. The van der Waals surface area contributed by atoms with Gasteiger partial charge in [0, 0.05) is 9.79 Å². The first-order valence-electron chi connectivity index (χ1n) is 13.8. The molecule has 0 aromatic heterocycles. The Hall–Kier alpha value is -2.39. The van der Waals surface area contributed by atoms with Crippen LogP contribution in [0.25, 0.3) is 0 Å². The number of aliphatic hydroxyl groups excluding tert-OH is 4. The average molecular weight is 647 g/mol. The van der Waals surface area contributed by atoms with Crippen LogP contribution in [-0.4, -0.2) is 73.3 Å². The van der Waals surface area contributed by atoms with Crippen LogP contribution >= 0.6 is 32.9 Å². The minimum absolute atomic E-state index is 0.0923. The fourth-order valence-electron chi connectivity index (χ4n) is 4.21. The molecule has 4 rings (SSSR count). The lowest BCUT2D eigenvalue weighted by Crippen LogP contribution is -2.15. The Kier molecular flexibility index (Phi) is 13.4. The lowest BCUT2D eigenvalue weighted by atomic mass is 10.4. The van der Waals surface area contributed by atoms with Gasteiger partial charge in [-0.1, -0.05) is 48.2 Å². The maximum Gasteiger partial charge on any atom is 0.0954 e. The number of benzene rings is 4. The van der Waals surface area contributed by atoms with Gasteiger partial charge < -0.3 is 20.4 Å².